The average Bonchev–Trinajstić information content (AvgIpc) is 3.24. The Balaban J connectivity index is 1.82. The molecule has 4 nitrogen and oxygen atoms in total. The van der Waals surface area contributed by atoms with Crippen LogP contribution >= 0.6 is 0 Å². The summed E-state index contributed by atoms with van der Waals surface area (Å²) in [5, 5.41) is 15.0. The van der Waals surface area contributed by atoms with Crippen molar-refractivity contribution in [3.05, 3.63) is 35.4 Å². The number of aliphatic hydroxyl groups is 1. The summed E-state index contributed by atoms with van der Waals surface area (Å²) in [6, 6.07) is 8.21. The number of rotatable bonds is 6. The summed E-state index contributed by atoms with van der Waals surface area (Å²) < 4.78 is 0. The maximum atomic E-state index is 11.9. The molecule has 1 saturated carbocycles. The van der Waals surface area contributed by atoms with Gasteiger partial charge >= 0.3 is 6.03 Å². The predicted molar refractivity (Wildman–Crippen MR) is 84.4 cm³/mol. The highest BCUT2D eigenvalue weighted by Crippen LogP contribution is 2.44. The molecule has 0 radical (unpaired) electrons. The number of amides is 2. The van der Waals surface area contributed by atoms with E-state index in [9.17, 15) is 9.90 Å². The van der Waals surface area contributed by atoms with Gasteiger partial charge in [0.25, 0.3) is 0 Å². The van der Waals surface area contributed by atoms with Gasteiger partial charge in [-0.3, -0.25) is 0 Å². The van der Waals surface area contributed by atoms with Gasteiger partial charge in [0.05, 0.1) is 6.61 Å². The molecule has 0 unspecified atom stereocenters. The van der Waals surface area contributed by atoms with Crippen LogP contribution < -0.4 is 10.6 Å². The average molecular weight is 290 g/mol. The van der Waals surface area contributed by atoms with E-state index in [1.807, 2.05) is 6.07 Å². The zero-order chi connectivity index (χ0) is 15.5. The first-order chi connectivity index (χ1) is 9.87. The molecule has 1 aliphatic carbocycles. The minimum absolute atomic E-state index is 0.0522. The summed E-state index contributed by atoms with van der Waals surface area (Å²) in [6.45, 7) is 7.61. The number of nitrogens with one attached hydrogen (secondary N) is 2. The molecule has 116 valence electrons. The van der Waals surface area contributed by atoms with Gasteiger partial charge in [0.1, 0.15) is 0 Å². The Hall–Kier alpha value is -1.55. The van der Waals surface area contributed by atoms with Crippen LogP contribution in [0.3, 0.4) is 0 Å². The topological polar surface area (TPSA) is 61.4 Å². The number of aryl methyl sites for hydroxylation is 1. The molecule has 1 aliphatic rings. The molecular formula is C17H26N2O2. The van der Waals surface area contributed by atoms with Crippen molar-refractivity contribution in [1.29, 1.82) is 0 Å². The van der Waals surface area contributed by atoms with Crippen LogP contribution in [0.1, 0.15) is 37.8 Å². The molecule has 0 aromatic heterocycles. The number of urea groups is 1. The van der Waals surface area contributed by atoms with Crippen LogP contribution in [0.5, 0.6) is 0 Å². The van der Waals surface area contributed by atoms with Gasteiger partial charge in [0, 0.05) is 23.9 Å². The van der Waals surface area contributed by atoms with Crippen molar-refractivity contribution in [2.24, 2.45) is 5.41 Å². The Labute approximate surface area is 126 Å². The lowest BCUT2D eigenvalue weighted by molar-refractivity contribution is 0.202. The Morgan fingerprint density at radius 3 is 2.62 bits per heavy atom. The first-order valence-electron chi connectivity index (χ1n) is 7.57. The van der Waals surface area contributed by atoms with Gasteiger partial charge in [-0.05, 0) is 25.3 Å². The molecule has 1 aromatic carbocycles. The Morgan fingerprint density at radius 2 is 2.05 bits per heavy atom. The number of carbonyl (C=O) groups is 1. The summed E-state index contributed by atoms with van der Waals surface area (Å²) in [5.74, 6) is 0. The van der Waals surface area contributed by atoms with Gasteiger partial charge in [0.15, 0.2) is 0 Å². The lowest BCUT2D eigenvalue weighted by Crippen LogP contribution is -2.44. The molecule has 1 aromatic rings. The van der Waals surface area contributed by atoms with Crippen molar-refractivity contribution in [1.82, 2.24) is 10.6 Å². The second-order valence-electron chi connectivity index (χ2n) is 6.95. The molecule has 2 rings (SSSR count). The van der Waals surface area contributed by atoms with Gasteiger partial charge in [-0.2, -0.15) is 0 Å². The second-order valence-corrected chi connectivity index (χ2v) is 6.95. The van der Waals surface area contributed by atoms with Crippen LogP contribution in [-0.4, -0.2) is 30.8 Å². The number of hydrogen-bond acceptors (Lipinski definition) is 2. The number of hydrogen-bond donors (Lipinski definition) is 3. The largest absolute Gasteiger partial charge is 0.396 e. The third kappa shape index (κ3) is 4.21. The summed E-state index contributed by atoms with van der Waals surface area (Å²) in [5.41, 5.74) is 2.28. The van der Waals surface area contributed by atoms with Crippen molar-refractivity contribution >= 4 is 6.03 Å². The fourth-order valence-electron chi connectivity index (χ4n) is 2.37. The molecule has 0 aliphatic heterocycles. The summed E-state index contributed by atoms with van der Waals surface area (Å²) in [4.78, 5) is 11.9. The van der Waals surface area contributed by atoms with Crippen LogP contribution in [0.15, 0.2) is 24.3 Å². The molecular weight excluding hydrogens is 264 g/mol. The fraction of sp³-hybridized carbons (Fsp3) is 0.588. The molecule has 1 fully saturated rings. The van der Waals surface area contributed by atoms with E-state index in [2.05, 4.69) is 49.6 Å². The quantitative estimate of drug-likeness (QED) is 0.753. The van der Waals surface area contributed by atoms with E-state index in [0.717, 1.165) is 12.8 Å². The smallest absolute Gasteiger partial charge is 0.314 e. The van der Waals surface area contributed by atoms with Gasteiger partial charge in [-0.1, -0.05) is 43.7 Å². The molecule has 0 atom stereocenters. The number of benzene rings is 1. The lowest BCUT2D eigenvalue weighted by Gasteiger charge is -2.26. The van der Waals surface area contributed by atoms with E-state index < -0.39 is 0 Å². The second kappa shape index (κ2) is 6.06. The van der Waals surface area contributed by atoms with Crippen molar-refractivity contribution < 1.29 is 9.90 Å². The number of aliphatic hydroxyl groups excluding tert-OH is 1. The lowest BCUT2D eigenvalue weighted by atomic mass is 9.84. The zero-order valence-electron chi connectivity index (χ0n) is 13.2. The SMILES string of the molecule is Cc1cccc(C(C)(C)CNC(=O)NCC2(CO)CC2)c1. The molecule has 0 heterocycles. The van der Waals surface area contributed by atoms with Gasteiger partial charge in [-0.15, -0.1) is 0 Å². The third-order valence-electron chi connectivity index (χ3n) is 4.41. The molecule has 0 bridgehead atoms. The van der Waals surface area contributed by atoms with Gasteiger partial charge in [0.2, 0.25) is 0 Å². The van der Waals surface area contributed by atoms with Gasteiger partial charge < -0.3 is 15.7 Å². The summed E-state index contributed by atoms with van der Waals surface area (Å²) >= 11 is 0. The van der Waals surface area contributed by atoms with Crippen LogP contribution in [0.4, 0.5) is 4.79 Å². The minimum atomic E-state index is -0.157. The highest BCUT2D eigenvalue weighted by Gasteiger charge is 2.42. The summed E-state index contributed by atoms with van der Waals surface area (Å²) in [6.07, 6.45) is 2.00. The van der Waals surface area contributed by atoms with Crippen molar-refractivity contribution in [3.8, 4) is 0 Å². The molecule has 0 spiro atoms. The highest BCUT2D eigenvalue weighted by atomic mass is 16.3. The van der Waals surface area contributed by atoms with E-state index in [1.165, 1.54) is 11.1 Å². The van der Waals surface area contributed by atoms with Gasteiger partial charge in [-0.25, -0.2) is 4.79 Å². The standard InChI is InChI=1S/C17H26N2O2/c1-13-5-4-6-14(9-13)16(2,3)10-18-15(21)19-11-17(12-20)7-8-17/h4-6,9,20H,7-8,10-12H2,1-3H3,(H2,18,19,21). The highest BCUT2D eigenvalue weighted by molar-refractivity contribution is 5.74. The first-order valence-corrected chi connectivity index (χ1v) is 7.57. The van der Waals surface area contributed by atoms with E-state index in [0.29, 0.717) is 13.1 Å². The molecule has 21 heavy (non-hydrogen) atoms. The van der Waals surface area contributed by atoms with E-state index in [-0.39, 0.29) is 23.5 Å². The fourth-order valence-corrected chi connectivity index (χ4v) is 2.37. The Morgan fingerprint density at radius 1 is 1.33 bits per heavy atom. The first kappa shape index (κ1) is 15.8. The van der Waals surface area contributed by atoms with E-state index >= 15 is 0 Å². The summed E-state index contributed by atoms with van der Waals surface area (Å²) in [7, 11) is 0. The maximum Gasteiger partial charge on any atom is 0.314 e. The molecule has 4 heteroatoms. The van der Waals surface area contributed by atoms with Crippen LogP contribution in [0.2, 0.25) is 0 Å². The van der Waals surface area contributed by atoms with Crippen molar-refractivity contribution in [2.75, 3.05) is 19.7 Å². The van der Waals surface area contributed by atoms with Crippen molar-refractivity contribution in [3.63, 3.8) is 0 Å². The molecule has 0 saturated heterocycles. The Kier molecular flexibility index (Phi) is 4.57. The molecule has 3 N–H and O–H groups in total. The minimum Gasteiger partial charge on any atom is -0.396 e. The monoisotopic (exact) mass is 290 g/mol. The van der Waals surface area contributed by atoms with Crippen LogP contribution in [0, 0.1) is 12.3 Å². The van der Waals surface area contributed by atoms with Crippen LogP contribution in [-0.2, 0) is 5.41 Å². The van der Waals surface area contributed by atoms with E-state index in [1.54, 1.807) is 0 Å². The normalized spacial score (nSPS) is 16.4. The Bertz CT molecular complexity index is 507. The van der Waals surface area contributed by atoms with Crippen molar-refractivity contribution in [2.45, 2.75) is 39.0 Å². The van der Waals surface area contributed by atoms with E-state index in [4.69, 9.17) is 0 Å². The number of carbonyl (C=O) groups excluding carboxylic acids is 1. The zero-order valence-corrected chi connectivity index (χ0v) is 13.2. The molecule has 2 amide bonds. The maximum absolute atomic E-state index is 11.9. The third-order valence-corrected chi connectivity index (χ3v) is 4.41. The predicted octanol–water partition coefficient (Wildman–Crippen LogP) is 2.34. The van der Waals surface area contributed by atoms with Crippen LogP contribution in [0.25, 0.3) is 0 Å².